The second-order valence-electron chi connectivity index (χ2n) is 2.81. The van der Waals surface area contributed by atoms with Crippen LogP contribution >= 0.6 is 0 Å². The van der Waals surface area contributed by atoms with Gasteiger partial charge in [0.15, 0.2) is 17.5 Å². The van der Waals surface area contributed by atoms with Crippen LogP contribution in [0.25, 0.3) is 0 Å². The highest BCUT2D eigenvalue weighted by Gasteiger charge is 2.13. The van der Waals surface area contributed by atoms with Gasteiger partial charge in [0.1, 0.15) is 0 Å². The van der Waals surface area contributed by atoms with E-state index in [4.69, 9.17) is 5.73 Å². The molecule has 1 rings (SSSR count). The second-order valence-corrected chi connectivity index (χ2v) is 2.81. The molecule has 0 unspecified atom stereocenters. The highest BCUT2D eigenvalue weighted by molar-refractivity contribution is 5.22. The summed E-state index contributed by atoms with van der Waals surface area (Å²) in [5.74, 6) is -3.84. The molecule has 0 radical (unpaired) electrons. The van der Waals surface area contributed by atoms with Gasteiger partial charge in [-0.1, -0.05) is 6.92 Å². The van der Waals surface area contributed by atoms with Gasteiger partial charge in [-0.2, -0.15) is 0 Å². The third-order valence-corrected chi connectivity index (χ3v) is 1.87. The van der Waals surface area contributed by atoms with Crippen LogP contribution in [0.1, 0.15) is 24.9 Å². The zero-order valence-electron chi connectivity index (χ0n) is 7.15. The molecule has 0 saturated heterocycles. The van der Waals surface area contributed by atoms with Crippen LogP contribution in [0.15, 0.2) is 12.1 Å². The Morgan fingerprint density at radius 2 is 1.69 bits per heavy atom. The van der Waals surface area contributed by atoms with E-state index in [0.717, 1.165) is 12.1 Å². The van der Waals surface area contributed by atoms with Crippen molar-refractivity contribution >= 4 is 0 Å². The van der Waals surface area contributed by atoms with Gasteiger partial charge in [-0.05, 0) is 24.1 Å². The van der Waals surface area contributed by atoms with E-state index in [2.05, 4.69) is 0 Å². The Hall–Kier alpha value is -1.03. The zero-order valence-corrected chi connectivity index (χ0v) is 7.15. The van der Waals surface area contributed by atoms with Crippen molar-refractivity contribution < 1.29 is 13.2 Å². The average molecular weight is 189 g/mol. The van der Waals surface area contributed by atoms with E-state index < -0.39 is 23.5 Å². The summed E-state index contributed by atoms with van der Waals surface area (Å²) >= 11 is 0. The van der Waals surface area contributed by atoms with Gasteiger partial charge in [-0.3, -0.25) is 0 Å². The molecule has 72 valence electrons. The second kappa shape index (κ2) is 3.79. The van der Waals surface area contributed by atoms with Crippen molar-refractivity contribution in [2.45, 2.75) is 19.4 Å². The maximum absolute atomic E-state index is 12.7. The number of hydrogen-bond acceptors (Lipinski definition) is 1. The summed E-state index contributed by atoms with van der Waals surface area (Å²) < 4.78 is 37.8. The summed E-state index contributed by atoms with van der Waals surface area (Å²) in [6.07, 6.45) is 0.546. The fraction of sp³-hybridized carbons (Fsp3) is 0.333. The standard InChI is InChI=1S/C9H10F3N/c1-2-8(13)5-3-6(10)9(12)7(11)4-5/h3-4,8H,2,13H2,1H3/t8-/m1/s1. The number of rotatable bonds is 2. The minimum absolute atomic E-state index is 0.277. The lowest BCUT2D eigenvalue weighted by molar-refractivity contribution is 0.443. The molecule has 0 spiro atoms. The van der Waals surface area contributed by atoms with Crippen LogP contribution in [0.4, 0.5) is 13.2 Å². The molecule has 0 saturated carbocycles. The van der Waals surface area contributed by atoms with Gasteiger partial charge in [0.05, 0.1) is 0 Å². The summed E-state index contributed by atoms with van der Waals surface area (Å²) in [4.78, 5) is 0. The lowest BCUT2D eigenvalue weighted by Crippen LogP contribution is -2.10. The van der Waals surface area contributed by atoms with Crippen molar-refractivity contribution in [2.75, 3.05) is 0 Å². The molecular weight excluding hydrogens is 179 g/mol. The van der Waals surface area contributed by atoms with E-state index in [1.54, 1.807) is 6.92 Å². The first-order chi connectivity index (χ1) is 6.06. The largest absolute Gasteiger partial charge is 0.324 e. The maximum atomic E-state index is 12.7. The molecule has 4 heteroatoms. The molecule has 13 heavy (non-hydrogen) atoms. The summed E-state index contributed by atoms with van der Waals surface area (Å²) in [6, 6.07) is 1.39. The summed E-state index contributed by atoms with van der Waals surface area (Å²) in [5, 5.41) is 0. The van der Waals surface area contributed by atoms with E-state index in [9.17, 15) is 13.2 Å². The molecule has 0 aliphatic heterocycles. The van der Waals surface area contributed by atoms with Gasteiger partial charge in [0.25, 0.3) is 0 Å². The maximum Gasteiger partial charge on any atom is 0.194 e. The van der Waals surface area contributed by atoms with Crippen molar-refractivity contribution in [3.05, 3.63) is 35.1 Å². The van der Waals surface area contributed by atoms with Crippen LogP contribution in [-0.2, 0) is 0 Å². The molecule has 0 aliphatic rings. The third kappa shape index (κ3) is 2.01. The average Bonchev–Trinajstić information content (AvgIpc) is 2.12. The predicted molar refractivity (Wildman–Crippen MR) is 43.5 cm³/mol. The van der Waals surface area contributed by atoms with Crippen molar-refractivity contribution in [2.24, 2.45) is 5.73 Å². The zero-order chi connectivity index (χ0) is 10.0. The topological polar surface area (TPSA) is 26.0 Å². The van der Waals surface area contributed by atoms with E-state index in [0.29, 0.717) is 6.42 Å². The fourth-order valence-electron chi connectivity index (χ4n) is 1.02. The minimum atomic E-state index is -1.45. The molecule has 0 aliphatic carbocycles. The Morgan fingerprint density at radius 3 is 2.08 bits per heavy atom. The van der Waals surface area contributed by atoms with Crippen molar-refractivity contribution in [1.82, 2.24) is 0 Å². The number of halogens is 3. The molecule has 0 amide bonds. The number of benzene rings is 1. The van der Waals surface area contributed by atoms with Crippen LogP contribution in [0, 0.1) is 17.5 Å². The SMILES string of the molecule is CC[C@@H](N)c1cc(F)c(F)c(F)c1. The van der Waals surface area contributed by atoms with E-state index >= 15 is 0 Å². The van der Waals surface area contributed by atoms with Crippen LogP contribution in [0.3, 0.4) is 0 Å². The summed E-state index contributed by atoms with van der Waals surface area (Å²) in [7, 11) is 0. The minimum Gasteiger partial charge on any atom is -0.324 e. The van der Waals surface area contributed by atoms with Crippen LogP contribution in [0.5, 0.6) is 0 Å². The quantitative estimate of drug-likeness (QED) is 0.711. The highest BCUT2D eigenvalue weighted by Crippen LogP contribution is 2.19. The Labute approximate surface area is 74.4 Å². The van der Waals surface area contributed by atoms with E-state index in [1.165, 1.54) is 0 Å². The Kier molecular flexibility index (Phi) is 2.93. The van der Waals surface area contributed by atoms with Gasteiger partial charge in [0.2, 0.25) is 0 Å². The van der Waals surface area contributed by atoms with Crippen LogP contribution in [0.2, 0.25) is 0 Å². The molecule has 0 heterocycles. The molecule has 2 N–H and O–H groups in total. The lowest BCUT2D eigenvalue weighted by atomic mass is 10.1. The molecule has 1 nitrogen and oxygen atoms in total. The molecule has 1 atom stereocenters. The third-order valence-electron chi connectivity index (χ3n) is 1.87. The van der Waals surface area contributed by atoms with Crippen molar-refractivity contribution in [1.29, 1.82) is 0 Å². The number of hydrogen-bond donors (Lipinski definition) is 1. The Bertz CT molecular complexity index is 289. The summed E-state index contributed by atoms with van der Waals surface area (Å²) in [5.41, 5.74) is 5.80. The Morgan fingerprint density at radius 1 is 1.23 bits per heavy atom. The van der Waals surface area contributed by atoms with Gasteiger partial charge >= 0.3 is 0 Å². The molecule has 1 aromatic carbocycles. The van der Waals surface area contributed by atoms with Crippen molar-refractivity contribution in [3.8, 4) is 0 Å². The first kappa shape index (κ1) is 10.1. The van der Waals surface area contributed by atoms with E-state index in [1.807, 2.05) is 0 Å². The van der Waals surface area contributed by atoms with Gasteiger partial charge < -0.3 is 5.73 Å². The van der Waals surface area contributed by atoms with Gasteiger partial charge in [0, 0.05) is 6.04 Å². The molecule has 0 aromatic heterocycles. The van der Waals surface area contributed by atoms with E-state index in [-0.39, 0.29) is 5.56 Å². The fourth-order valence-corrected chi connectivity index (χ4v) is 1.02. The molecule has 0 bridgehead atoms. The lowest BCUT2D eigenvalue weighted by Gasteiger charge is -2.09. The normalized spacial score (nSPS) is 13.0. The van der Waals surface area contributed by atoms with Crippen LogP contribution in [-0.4, -0.2) is 0 Å². The predicted octanol–water partition coefficient (Wildman–Crippen LogP) is 2.51. The summed E-state index contributed by atoms with van der Waals surface area (Å²) in [6.45, 7) is 1.78. The first-order valence-electron chi connectivity index (χ1n) is 3.96. The first-order valence-corrected chi connectivity index (χ1v) is 3.96. The Balaban J connectivity index is 3.13. The van der Waals surface area contributed by atoms with Gasteiger partial charge in [-0.15, -0.1) is 0 Å². The van der Waals surface area contributed by atoms with Crippen molar-refractivity contribution in [3.63, 3.8) is 0 Å². The highest BCUT2D eigenvalue weighted by atomic mass is 19.2. The molecule has 1 aromatic rings. The monoisotopic (exact) mass is 189 g/mol. The smallest absolute Gasteiger partial charge is 0.194 e. The van der Waals surface area contributed by atoms with Gasteiger partial charge in [-0.25, -0.2) is 13.2 Å². The molecule has 0 fully saturated rings. The number of nitrogens with two attached hydrogens (primary N) is 1. The van der Waals surface area contributed by atoms with Crippen LogP contribution < -0.4 is 5.73 Å². The molecular formula is C9H10F3N.